The Morgan fingerprint density at radius 1 is 1.44 bits per heavy atom. The van der Waals surface area contributed by atoms with E-state index in [2.05, 4.69) is 29.2 Å². The zero-order valence-electron chi connectivity index (χ0n) is 10.1. The third-order valence-corrected chi connectivity index (χ3v) is 2.81. The van der Waals surface area contributed by atoms with E-state index in [0.29, 0.717) is 0 Å². The molecular weight excluding hydrogens is 204 g/mol. The fourth-order valence-electron chi connectivity index (χ4n) is 1.91. The summed E-state index contributed by atoms with van der Waals surface area (Å²) in [6.07, 6.45) is 2.04. The normalized spacial score (nSPS) is 21.2. The highest BCUT2D eigenvalue weighted by molar-refractivity contribution is 4.93. The SMILES string of the molecule is CCc1nc(CC)n(CC2CNCCO2)n1. The summed E-state index contributed by atoms with van der Waals surface area (Å²) in [6.45, 7) is 7.65. The molecule has 1 N–H and O–H groups in total. The van der Waals surface area contributed by atoms with Crippen LogP contribution in [-0.4, -0.2) is 40.6 Å². The molecule has 5 heteroatoms. The van der Waals surface area contributed by atoms with Gasteiger partial charge in [-0.1, -0.05) is 13.8 Å². The monoisotopic (exact) mass is 224 g/mol. The Kier molecular flexibility index (Phi) is 3.90. The molecule has 1 aliphatic rings. The molecule has 0 radical (unpaired) electrons. The molecule has 2 heterocycles. The summed E-state index contributed by atoms with van der Waals surface area (Å²) in [5, 5.41) is 7.82. The molecule has 16 heavy (non-hydrogen) atoms. The van der Waals surface area contributed by atoms with Gasteiger partial charge >= 0.3 is 0 Å². The van der Waals surface area contributed by atoms with E-state index in [4.69, 9.17) is 4.74 Å². The van der Waals surface area contributed by atoms with Crippen LogP contribution in [-0.2, 0) is 24.1 Å². The summed E-state index contributed by atoms with van der Waals surface area (Å²) in [7, 11) is 0. The van der Waals surface area contributed by atoms with Crippen molar-refractivity contribution in [3.05, 3.63) is 11.6 Å². The molecule has 0 amide bonds. The molecule has 1 fully saturated rings. The summed E-state index contributed by atoms with van der Waals surface area (Å²) in [5.74, 6) is 1.99. The lowest BCUT2D eigenvalue weighted by Crippen LogP contribution is -2.41. The van der Waals surface area contributed by atoms with Crippen molar-refractivity contribution in [3.8, 4) is 0 Å². The number of hydrogen-bond donors (Lipinski definition) is 1. The zero-order chi connectivity index (χ0) is 11.4. The minimum absolute atomic E-state index is 0.227. The second-order valence-electron chi connectivity index (χ2n) is 4.03. The first-order valence-electron chi connectivity index (χ1n) is 6.08. The molecule has 1 aromatic rings. The van der Waals surface area contributed by atoms with Crippen molar-refractivity contribution in [1.29, 1.82) is 0 Å². The molecule has 0 saturated carbocycles. The highest BCUT2D eigenvalue weighted by Gasteiger charge is 2.16. The highest BCUT2D eigenvalue weighted by Crippen LogP contribution is 2.05. The Morgan fingerprint density at radius 3 is 2.94 bits per heavy atom. The molecule has 1 aliphatic heterocycles. The predicted molar refractivity (Wildman–Crippen MR) is 61.4 cm³/mol. The predicted octanol–water partition coefficient (Wildman–Crippen LogP) is 0.391. The van der Waals surface area contributed by atoms with E-state index in [0.717, 1.165) is 50.7 Å². The Balaban J connectivity index is 2.03. The van der Waals surface area contributed by atoms with Crippen LogP contribution in [0.15, 0.2) is 0 Å². The van der Waals surface area contributed by atoms with E-state index >= 15 is 0 Å². The maximum atomic E-state index is 5.67. The van der Waals surface area contributed by atoms with Crippen LogP contribution in [0.5, 0.6) is 0 Å². The quantitative estimate of drug-likeness (QED) is 0.804. The molecule has 1 saturated heterocycles. The van der Waals surface area contributed by atoms with E-state index in [9.17, 15) is 0 Å². The second kappa shape index (κ2) is 5.41. The molecule has 1 unspecified atom stereocenters. The van der Waals surface area contributed by atoms with Crippen LogP contribution in [0.1, 0.15) is 25.5 Å². The maximum absolute atomic E-state index is 5.67. The lowest BCUT2D eigenvalue weighted by Gasteiger charge is -2.23. The van der Waals surface area contributed by atoms with Gasteiger partial charge in [-0.05, 0) is 0 Å². The summed E-state index contributed by atoms with van der Waals surface area (Å²) < 4.78 is 7.67. The fourth-order valence-corrected chi connectivity index (χ4v) is 1.91. The van der Waals surface area contributed by atoms with E-state index in [1.165, 1.54) is 0 Å². The van der Waals surface area contributed by atoms with Crippen LogP contribution in [0.4, 0.5) is 0 Å². The van der Waals surface area contributed by atoms with Gasteiger partial charge in [0.25, 0.3) is 0 Å². The Hall–Kier alpha value is -0.940. The Bertz CT molecular complexity index is 331. The number of morpholine rings is 1. The number of aromatic nitrogens is 3. The smallest absolute Gasteiger partial charge is 0.150 e. The van der Waals surface area contributed by atoms with Crippen molar-refractivity contribution in [2.45, 2.75) is 39.3 Å². The van der Waals surface area contributed by atoms with Gasteiger partial charge < -0.3 is 10.1 Å². The van der Waals surface area contributed by atoms with Crippen molar-refractivity contribution in [2.75, 3.05) is 19.7 Å². The van der Waals surface area contributed by atoms with Crippen molar-refractivity contribution < 1.29 is 4.74 Å². The number of hydrogen-bond acceptors (Lipinski definition) is 4. The summed E-state index contributed by atoms with van der Waals surface area (Å²) in [4.78, 5) is 4.49. The van der Waals surface area contributed by atoms with Crippen LogP contribution in [0.3, 0.4) is 0 Å². The number of rotatable bonds is 4. The molecule has 2 rings (SSSR count). The van der Waals surface area contributed by atoms with Crippen LogP contribution >= 0.6 is 0 Å². The first kappa shape index (κ1) is 11.5. The first-order chi connectivity index (χ1) is 7.83. The summed E-state index contributed by atoms with van der Waals surface area (Å²) in [6, 6.07) is 0. The van der Waals surface area contributed by atoms with Gasteiger partial charge in [0.05, 0.1) is 19.3 Å². The van der Waals surface area contributed by atoms with Crippen molar-refractivity contribution in [3.63, 3.8) is 0 Å². The molecule has 0 aromatic carbocycles. The number of aryl methyl sites for hydroxylation is 2. The van der Waals surface area contributed by atoms with Gasteiger partial charge in [0.15, 0.2) is 5.82 Å². The summed E-state index contributed by atoms with van der Waals surface area (Å²) in [5.41, 5.74) is 0. The molecule has 0 spiro atoms. The lowest BCUT2D eigenvalue weighted by molar-refractivity contribution is 0.0155. The maximum Gasteiger partial charge on any atom is 0.150 e. The van der Waals surface area contributed by atoms with Crippen molar-refractivity contribution in [2.24, 2.45) is 0 Å². The van der Waals surface area contributed by atoms with Crippen LogP contribution in [0.25, 0.3) is 0 Å². The number of ether oxygens (including phenoxy) is 1. The standard InChI is InChI=1S/C11H20N4O/c1-3-10-13-11(4-2)15(14-10)8-9-7-12-5-6-16-9/h9,12H,3-8H2,1-2H3. The third kappa shape index (κ3) is 2.59. The molecule has 1 aromatic heterocycles. The first-order valence-corrected chi connectivity index (χ1v) is 6.08. The van der Waals surface area contributed by atoms with Gasteiger partial charge in [-0.25, -0.2) is 9.67 Å². The summed E-state index contributed by atoms with van der Waals surface area (Å²) >= 11 is 0. The number of nitrogens with one attached hydrogen (secondary N) is 1. The lowest BCUT2D eigenvalue weighted by atomic mass is 10.3. The molecule has 1 atom stereocenters. The van der Waals surface area contributed by atoms with Gasteiger partial charge in [-0.2, -0.15) is 5.10 Å². The van der Waals surface area contributed by atoms with Gasteiger partial charge in [0.1, 0.15) is 5.82 Å². The number of nitrogens with zero attached hydrogens (tertiary/aromatic N) is 3. The van der Waals surface area contributed by atoms with Gasteiger partial charge in [0, 0.05) is 25.9 Å². The molecule has 5 nitrogen and oxygen atoms in total. The largest absolute Gasteiger partial charge is 0.374 e. The topological polar surface area (TPSA) is 52.0 Å². The minimum Gasteiger partial charge on any atom is -0.374 e. The van der Waals surface area contributed by atoms with Gasteiger partial charge in [-0.3, -0.25) is 0 Å². The zero-order valence-corrected chi connectivity index (χ0v) is 10.1. The van der Waals surface area contributed by atoms with Crippen LogP contribution < -0.4 is 5.32 Å². The average molecular weight is 224 g/mol. The van der Waals surface area contributed by atoms with Crippen LogP contribution in [0.2, 0.25) is 0 Å². The molecule has 0 bridgehead atoms. The van der Waals surface area contributed by atoms with Gasteiger partial charge in [0.2, 0.25) is 0 Å². The molecule has 90 valence electrons. The van der Waals surface area contributed by atoms with Gasteiger partial charge in [-0.15, -0.1) is 0 Å². The van der Waals surface area contributed by atoms with E-state index in [-0.39, 0.29) is 6.10 Å². The van der Waals surface area contributed by atoms with Crippen molar-refractivity contribution in [1.82, 2.24) is 20.1 Å². The average Bonchev–Trinajstić information content (AvgIpc) is 2.73. The Morgan fingerprint density at radius 2 is 2.31 bits per heavy atom. The molecule has 0 aliphatic carbocycles. The molecular formula is C11H20N4O. The Labute approximate surface area is 96.2 Å². The fraction of sp³-hybridized carbons (Fsp3) is 0.818. The van der Waals surface area contributed by atoms with E-state index in [1.807, 2.05) is 4.68 Å². The third-order valence-electron chi connectivity index (χ3n) is 2.81. The highest BCUT2D eigenvalue weighted by atomic mass is 16.5. The van der Waals surface area contributed by atoms with Crippen molar-refractivity contribution >= 4 is 0 Å². The second-order valence-corrected chi connectivity index (χ2v) is 4.03. The van der Waals surface area contributed by atoms with Crippen LogP contribution in [0, 0.1) is 0 Å². The van der Waals surface area contributed by atoms with E-state index in [1.54, 1.807) is 0 Å². The van der Waals surface area contributed by atoms with E-state index < -0.39 is 0 Å². The minimum atomic E-state index is 0.227.